The predicted octanol–water partition coefficient (Wildman–Crippen LogP) is 2.95. The molecule has 0 amide bonds. The molecule has 0 saturated carbocycles. The van der Waals surface area contributed by atoms with Gasteiger partial charge in [0.2, 0.25) is 0 Å². The Labute approximate surface area is 93.7 Å². The lowest BCUT2D eigenvalue weighted by Crippen LogP contribution is -2.18. The van der Waals surface area contributed by atoms with Gasteiger partial charge in [-0.05, 0) is 19.2 Å². The van der Waals surface area contributed by atoms with Crippen LogP contribution in [0.15, 0.2) is 18.2 Å². The maximum absolute atomic E-state index is 8.50. The lowest BCUT2D eigenvalue weighted by atomic mass is 10.2. The first-order chi connectivity index (χ1) is 6.65. The molecular weight excluding hydrogens is 219 g/mol. The summed E-state index contributed by atoms with van der Waals surface area (Å²) < 4.78 is 0. The summed E-state index contributed by atoms with van der Waals surface area (Å²) in [6.07, 6.45) is 0. The number of hydrogen-bond acceptors (Lipinski definition) is 2. The molecule has 4 heteroatoms. The molecule has 0 heterocycles. The molecule has 0 aliphatic heterocycles. The minimum absolute atomic E-state index is 0.363. The second-order valence-electron chi connectivity index (χ2n) is 3.03. The van der Waals surface area contributed by atoms with E-state index in [4.69, 9.17) is 28.5 Å². The van der Waals surface area contributed by atoms with Crippen LogP contribution in [0.25, 0.3) is 0 Å². The van der Waals surface area contributed by atoms with Crippen molar-refractivity contribution in [2.24, 2.45) is 0 Å². The molecule has 1 rings (SSSR count). The van der Waals surface area contributed by atoms with Crippen molar-refractivity contribution in [3.63, 3.8) is 0 Å². The minimum atomic E-state index is 0.363. The molecule has 0 N–H and O–H groups in total. The molecule has 0 aliphatic carbocycles. The molecule has 0 aromatic heterocycles. The Morgan fingerprint density at radius 3 is 2.43 bits per heavy atom. The second-order valence-corrected chi connectivity index (χ2v) is 3.85. The molecule has 0 unspecified atom stereocenters. The summed E-state index contributed by atoms with van der Waals surface area (Å²) in [5.41, 5.74) is 0.869. The number of nitrogens with zero attached hydrogens (tertiary/aromatic N) is 2. The van der Waals surface area contributed by atoms with Crippen LogP contribution in [-0.2, 0) is 6.54 Å². The Morgan fingerprint density at radius 2 is 1.93 bits per heavy atom. The molecule has 74 valence electrons. The van der Waals surface area contributed by atoms with Crippen molar-refractivity contribution < 1.29 is 0 Å². The van der Waals surface area contributed by atoms with E-state index in [-0.39, 0.29) is 0 Å². The summed E-state index contributed by atoms with van der Waals surface area (Å²) in [7, 11) is 1.85. The zero-order chi connectivity index (χ0) is 10.6. The molecule has 0 aliphatic rings. The highest BCUT2D eigenvalue weighted by atomic mass is 35.5. The maximum Gasteiger partial charge on any atom is 0.0866 e. The summed E-state index contributed by atoms with van der Waals surface area (Å²) in [5, 5.41) is 9.78. The molecular formula is C10H10Cl2N2. The highest BCUT2D eigenvalue weighted by Crippen LogP contribution is 2.25. The van der Waals surface area contributed by atoms with Gasteiger partial charge in [0.05, 0.1) is 12.6 Å². The highest BCUT2D eigenvalue weighted by molar-refractivity contribution is 6.35. The Morgan fingerprint density at radius 1 is 1.36 bits per heavy atom. The van der Waals surface area contributed by atoms with Crippen molar-refractivity contribution in [2.75, 3.05) is 13.6 Å². The van der Waals surface area contributed by atoms with Gasteiger partial charge < -0.3 is 0 Å². The van der Waals surface area contributed by atoms with Crippen molar-refractivity contribution >= 4 is 23.2 Å². The van der Waals surface area contributed by atoms with Crippen molar-refractivity contribution in [1.82, 2.24) is 4.90 Å². The summed E-state index contributed by atoms with van der Waals surface area (Å²) in [4.78, 5) is 1.85. The zero-order valence-electron chi connectivity index (χ0n) is 7.80. The number of rotatable bonds is 3. The largest absolute Gasteiger partial charge is 0.289 e. The van der Waals surface area contributed by atoms with E-state index in [1.807, 2.05) is 11.9 Å². The van der Waals surface area contributed by atoms with E-state index in [1.165, 1.54) is 0 Å². The fraction of sp³-hybridized carbons (Fsp3) is 0.300. The third-order valence-corrected chi connectivity index (χ3v) is 2.54. The van der Waals surface area contributed by atoms with Gasteiger partial charge in [0, 0.05) is 22.2 Å². The van der Waals surface area contributed by atoms with Crippen LogP contribution in [0.1, 0.15) is 5.56 Å². The van der Waals surface area contributed by atoms with E-state index in [2.05, 4.69) is 6.07 Å². The second kappa shape index (κ2) is 5.21. The van der Waals surface area contributed by atoms with E-state index in [0.29, 0.717) is 23.1 Å². The Hall–Kier alpha value is -0.750. The van der Waals surface area contributed by atoms with Crippen LogP contribution >= 0.6 is 23.2 Å². The lowest BCUT2D eigenvalue weighted by molar-refractivity contribution is 0.367. The van der Waals surface area contributed by atoms with Crippen LogP contribution in [0.5, 0.6) is 0 Å². The van der Waals surface area contributed by atoms with Gasteiger partial charge in [0.1, 0.15) is 0 Å². The molecule has 0 bridgehead atoms. The van der Waals surface area contributed by atoms with Crippen molar-refractivity contribution in [2.45, 2.75) is 6.54 Å². The van der Waals surface area contributed by atoms with Crippen LogP contribution in [0, 0.1) is 11.3 Å². The summed E-state index contributed by atoms with van der Waals surface area (Å²) in [6, 6.07) is 7.46. The summed E-state index contributed by atoms with van der Waals surface area (Å²) in [6.45, 7) is 0.952. The van der Waals surface area contributed by atoms with Gasteiger partial charge in [0.25, 0.3) is 0 Å². The average molecular weight is 229 g/mol. The monoisotopic (exact) mass is 228 g/mol. The Bertz CT molecular complexity index is 337. The van der Waals surface area contributed by atoms with Gasteiger partial charge in [-0.15, -0.1) is 0 Å². The molecule has 14 heavy (non-hydrogen) atoms. The molecule has 1 aromatic carbocycles. The van der Waals surface area contributed by atoms with Crippen molar-refractivity contribution in [1.29, 1.82) is 5.26 Å². The van der Waals surface area contributed by atoms with Crippen LogP contribution in [0.4, 0.5) is 0 Å². The molecule has 0 atom stereocenters. The molecule has 0 saturated heterocycles. The van der Waals surface area contributed by atoms with E-state index in [9.17, 15) is 0 Å². The van der Waals surface area contributed by atoms with Gasteiger partial charge >= 0.3 is 0 Å². The summed E-state index contributed by atoms with van der Waals surface area (Å²) in [5.74, 6) is 0. The number of benzene rings is 1. The molecule has 0 fully saturated rings. The average Bonchev–Trinajstić information content (AvgIpc) is 2.12. The smallest absolute Gasteiger partial charge is 0.0866 e. The quantitative estimate of drug-likeness (QED) is 0.745. The fourth-order valence-corrected chi connectivity index (χ4v) is 1.65. The lowest BCUT2D eigenvalue weighted by Gasteiger charge is -2.14. The Balaban J connectivity index is 2.81. The van der Waals surface area contributed by atoms with Gasteiger partial charge in [-0.2, -0.15) is 5.26 Å². The van der Waals surface area contributed by atoms with E-state index < -0.39 is 0 Å². The number of hydrogen-bond donors (Lipinski definition) is 0. The zero-order valence-corrected chi connectivity index (χ0v) is 9.31. The van der Waals surface area contributed by atoms with Crippen LogP contribution in [0.3, 0.4) is 0 Å². The van der Waals surface area contributed by atoms with E-state index in [1.54, 1.807) is 18.2 Å². The molecule has 2 nitrogen and oxygen atoms in total. The van der Waals surface area contributed by atoms with Gasteiger partial charge in [-0.3, -0.25) is 4.90 Å². The number of halogens is 2. The fourth-order valence-electron chi connectivity index (χ4n) is 1.13. The minimum Gasteiger partial charge on any atom is -0.289 e. The summed E-state index contributed by atoms with van der Waals surface area (Å²) >= 11 is 12.0. The first-order valence-corrected chi connectivity index (χ1v) is 4.89. The molecule has 1 aromatic rings. The van der Waals surface area contributed by atoms with Crippen molar-refractivity contribution in [3.05, 3.63) is 33.8 Å². The Kier molecular flexibility index (Phi) is 4.21. The third-order valence-electron chi connectivity index (χ3n) is 1.83. The van der Waals surface area contributed by atoms with Crippen molar-refractivity contribution in [3.8, 4) is 6.07 Å². The van der Waals surface area contributed by atoms with E-state index >= 15 is 0 Å². The van der Waals surface area contributed by atoms with Crippen LogP contribution in [-0.4, -0.2) is 18.5 Å². The standard InChI is InChI=1S/C10H10Cl2N2/c1-14(6-5-13)7-8-9(11)3-2-4-10(8)12/h2-4H,6-7H2,1H3. The highest BCUT2D eigenvalue weighted by Gasteiger charge is 2.07. The van der Waals surface area contributed by atoms with E-state index in [0.717, 1.165) is 5.56 Å². The molecule has 0 spiro atoms. The maximum atomic E-state index is 8.50. The topological polar surface area (TPSA) is 27.0 Å². The van der Waals surface area contributed by atoms with Gasteiger partial charge in [0.15, 0.2) is 0 Å². The van der Waals surface area contributed by atoms with Gasteiger partial charge in [-0.1, -0.05) is 29.3 Å². The first kappa shape index (κ1) is 11.3. The van der Waals surface area contributed by atoms with Crippen LogP contribution in [0.2, 0.25) is 10.0 Å². The van der Waals surface area contributed by atoms with Gasteiger partial charge in [-0.25, -0.2) is 0 Å². The molecule has 0 radical (unpaired) electrons. The normalized spacial score (nSPS) is 10.2. The van der Waals surface area contributed by atoms with Crippen LogP contribution < -0.4 is 0 Å². The third kappa shape index (κ3) is 2.88. The number of nitriles is 1. The first-order valence-electron chi connectivity index (χ1n) is 4.13. The SMILES string of the molecule is CN(CC#N)Cc1c(Cl)cccc1Cl. The predicted molar refractivity (Wildman–Crippen MR) is 58.4 cm³/mol.